The Kier molecular flexibility index (Phi) is 5.90. The van der Waals surface area contributed by atoms with E-state index in [1.54, 1.807) is 0 Å². The third-order valence-electron chi connectivity index (χ3n) is 3.05. The largest absolute Gasteiger partial charge is 0.349 e. The number of rotatable bonds is 4. The van der Waals surface area contributed by atoms with Crippen molar-refractivity contribution in [3.8, 4) is 11.8 Å². The first-order valence-electron chi connectivity index (χ1n) is 6.17. The van der Waals surface area contributed by atoms with Crippen LogP contribution < -0.4 is 11.1 Å². The molecule has 0 aliphatic rings. The summed E-state index contributed by atoms with van der Waals surface area (Å²) in [6.07, 6.45) is 1.05. The van der Waals surface area contributed by atoms with Crippen LogP contribution in [0.2, 0.25) is 0 Å². The highest BCUT2D eigenvalue weighted by Crippen LogP contribution is 2.16. The molecule has 1 aromatic rings. The van der Waals surface area contributed by atoms with Gasteiger partial charge in [0, 0.05) is 11.6 Å². The minimum absolute atomic E-state index is 0.0425. The molecule has 1 heterocycles. The fraction of sp³-hybridized carbons (Fsp3) is 0.500. The van der Waals surface area contributed by atoms with Gasteiger partial charge in [-0.1, -0.05) is 32.1 Å². The number of amides is 1. The van der Waals surface area contributed by atoms with Crippen LogP contribution in [0.1, 0.15) is 42.4 Å². The molecule has 18 heavy (non-hydrogen) atoms. The summed E-state index contributed by atoms with van der Waals surface area (Å²) in [5.41, 5.74) is 6.10. The van der Waals surface area contributed by atoms with Crippen LogP contribution in [0.5, 0.6) is 0 Å². The molecule has 0 aliphatic heterocycles. The standard InChI is InChI=1S/C14H20N2OS/c1-4-10(2)11(3)16-14(17)13-12(6-5-8-15)7-9-18-13/h7,9-11H,4,8,15H2,1-3H3,(H,16,17). The molecule has 98 valence electrons. The van der Waals surface area contributed by atoms with Crippen LogP contribution in [0.25, 0.3) is 0 Å². The summed E-state index contributed by atoms with van der Waals surface area (Å²) >= 11 is 1.41. The third kappa shape index (κ3) is 3.86. The van der Waals surface area contributed by atoms with E-state index in [1.807, 2.05) is 18.4 Å². The number of nitrogens with two attached hydrogens (primary N) is 1. The molecule has 0 fully saturated rings. The van der Waals surface area contributed by atoms with Crippen molar-refractivity contribution in [1.82, 2.24) is 5.32 Å². The van der Waals surface area contributed by atoms with Crippen molar-refractivity contribution in [2.75, 3.05) is 6.54 Å². The molecular weight excluding hydrogens is 244 g/mol. The summed E-state index contributed by atoms with van der Waals surface area (Å²) in [6.45, 7) is 6.59. The van der Waals surface area contributed by atoms with Crippen LogP contribution in [0.4, 0.5) is 0 Å². The zero-order chi connectivity index (χ0) is 13.5. The summed E-state index contributed by atoms with van der Waals surface area (Å²) in [5.74, 6) is 6.13. The maximum absolute atomic E-state index is 12.1. The van der Waals surface area contributed by atoms with Gasteiger partial charge in [0.1, 0.15) is 4.88 Å². The van der Waals surface area contributed by atoms with E-state index in [-0.39, 0.29) is 11.9 Å². The van der Waals surface area contributed by atoms with E-state index in [2.05, 4.69) is 31.0 Å². The number of carbonyl (C=O) groups is 1. The second kappa shape index (κ2) is 7.20. The first-order chi connectivity index (χ1) is 8.60. The monoisotopic (exact) mass is 264 g/mol. The first-order valence-corrected chi connectivity index (χ1v) is 7.05. The van der Waals surface area contributed by atoms with Gasteiger partial charge in [0.2, 0.25) is 0 Å². The molecule has 0 saturated heterocycles. The molecule has 1 aromatic heterocycles. The molecule has 0 aliphatic carbocycles. The quantitative estimate of drug-likeness (QED) is 0.819. The minimum atomic E-state index is -0.0425. The normalized spacial score (nSPS) is 13.3. The van der Waals surface area contributed by atoms with Crippen LogP contribution in [-0.2, 0) is 0 Å². The van der Waals surface area contributed by atoms with E-state index in [9.17, 15) is 4.79 Å². The van der Waals surface area contributed by atoms with Crippen molar-refractivity contribution in [2.45, 2.75) is 33.2 Å². The van der Waals surface area contributed by atoms with Crippen molar-refractivity contribution in [3.05, 3.63) is 21.9 Å². The molecule has 1 rings (SSSR count). The van der Waals surface area contributed by atoms with Gasteiger partial charge in [-0.2, -0.15) is 0 Å². The molecular formula is C14H20N2OS. The lowest BCUT2D eigenvalue weighted by molar-refractivity contribution is 0.0932. The van der Waals surface area contributed by atoms with Gasteiger partial charge in [0.05, 0.1) is 6.54 Å². The zero-order valence-corrected chi connectivity index (χ0v) is 11.9. The van der Waals surface area contributed by atoms with Gasteiger partial charge in [0.15, 0.2) is 0 Å². The molecule has 3 nitrogen and oxygen atoms in total. The van der Waals surface area contributed by atoms with E-state index < -0.39 is 0 Å². The summed E-state index contributed by atoms with van der Waals surface area (Å²) in [7, 11) is 0. The summed E-state index contributed by atoms with van der Waals surface area (Å²) in [4.78, 5) is 12.8. The van der Waals surface area contributed by atoms with Gasteiger partial charge in [0.25, 0.3) is 5.91 Å². The second-order valence-electron chi connectivity index (χ2n) is 4.32. The lowest BCUT2D eigenvalue weighted by atomic mass is 10.0. The van der Waals surface area contributed by atoms with Crippen molar-refractivity contribution >= 4 is 17.2 Å². The fourth-order valence-corrected chi connectivity index (χ4v) is 2.25. The van der Waals surface area contributed by atoms with Gasteiger partial charge in [-0.15, -0.1) is 11.3 Å². The predicted octanol–water partition coefficient (Wildman–Crippen LogP) is 2.22. The maximum Gasteiger partial charge on any atom is 0.262 e. The van der Waals surface area contributed by atoms with Crippen LogP contribution in [0.15, 0.2) is 11.4 Å². The van der Waals surface area contributed by atoms with E-state index in [0.29, 0.717) is 17.3 Å². The van der Waals surface area contributed by atoms with Crippen LogP contribution in [-0.4, -0.2) is 18.5 Å². The Hall–Kier alpha value is -1.31. The number of hydrogen-bond acceptors (Lipinski definition) is 3. The number of thiophene rings is 1. The Morgan fingerprint density at radius 2 is 2.28 bits per heavy atom. The van der Waals surface area contributed by atoms with Crippen LogP contribution in [0, 0.1) is 17.8 Å². The number of carbonyl (C=O) groups excluding carboxylic acids is 1. The Labute approximate surface area is 113 Å². The van der Waals surface area contributed by atoms with Crippen molar-refractivity contribution in [3.63, 3.8) is 0 Å². The maximum atomic E-state index is 12.1. The number of hydrogen-bond donors (Lipinski definition) is 2. The van der Waals surface area contributed by atoms with Gasteiger partial charge in [-0.3, -0.25) is 4.79 Å². The van der Waals surface area contributed by atoms with E-state index >= 15 is 0 Å². The fourth-order valence-electron chi connectivity index (χ4n) is 1.50. The van der Waals surface area contributed by atoms with Crippen molar-refractivity contribution in [2.24, 2.45) is 11.7 Å². The third-order valence-corrected chi connectivity index (χ3v) is 3.97. The molecule has 0 bridgehead atoms. The van der Waals surface area contributed by atoms with Gasteiger partial charge >= 0.3 is 0 Å². The average molecular weight is 264 g/mol. The first kappa shape index (κ1) is 14.7. The molecule has 3 N–H and O–H groups in total. The second-order valence-corrected chi connectivity index (χ2v) is 5.23. The summed E-state index contributed by atoms with van der Waals surface area (Å²) in [5, 5.41) is 4.90. The Morgan fingerprint density at radius 1 is 1.56 bits per heavy atom. The lowest BCUT2D eigenvalue weighted by Gasteiger charge is -2.19. The van der Waals surface area contributed by atoms with Crippen molar-refractivity contribution < 1.29 is 4.79 Å². The van der Waals surface area contributed by atoms with E-state index in [1.165, 1.54) is 11.3 Å². The highest BCUT2D eigenvalue weighted by atomic mass is 32.1. The molecule has 1 amide bonds. The van der Waals surface area contributed by atoms with Gasteiger partial charge < -0.3 is 11.1 Å². The SMILES string of the molecule is CCC(C)C(C)NC(=O)c1sccc1C#CCN. The minimum Gasteiger partial charge on any atom is -0.349 e. The Morgan fingerprint density at radius 3 is 2.89 bits per heavy atom. The van der Waals surface area contributed by atoms with E-state index in [4.69, 9.17) is 5.73 Å². The molecule has 0 spiro atoms. The Balaban J connectivity index is 2.76. The van der Waals surface area contributed by atoms with Crippen molar-refractivity contribution in [1.29, 1.82) is 0 Å². The van der Waals surface area contributed by atoms with E-state index in [0.717, 1.165) is 12.0 Å². The summed E-state index contributed by atoms with van der Waals surface area (Å²) < 4.78 is 0. The molecule has 0 aromatic carbocycles. The van der Waals surface area contributed by atoms with Gasteiger partial charge in [-0.25, -0.2) is 0 Å². The predicted molar refractivity (Wildman–Crippen MR) is 76.6 cm³/mol. The van der Waals surface area contributed by atoms with Gasteiger partial charge in [-0.05, 0) is 24.3 Å². The Bertz CT molecular complexity index is 456. The number of nitrogens with one attached hydrogen (secondary N) is 1. The average Bonchev–Trinajstić information content (AvgIpc) is 2.83. The van der Waals surface area contributed by atoms with Crippen LogP contribution >= 0.6 is 11.3 Å². The molecule has 4 heteroatoms. The molecule has 0 radical (unpaired) electrons. The highest BCUT2D eigenvalue weighted by Gasteiger charge is 2.17. The highest BCUT2D eigenvalue weighted by molar-refractivity contribution is 7.12. The zero-order valence-electron chi connectivity index (χ0n) is 11.1. The van der Waals surface area contributed by atoms with Crippen LogP contribution in [0.3, 0.4) is 0 Å². The molecule has 2 atom stereocenters. The molecule has 2 unspecified atom stereocenters. The summed E-state index contributed by atoms with van der Waals surface area (Å²) in [6, 6.07) is 2.02. The smallest absolute Gasteiger partial charge is 0.262 e. The molecule has 0 saturated carbocycles. The lowest BCUT2D eigenvalue weighted by Crippen LogP contribution is -2.36. The topological polar surface area (TPSA) is 55.1 Å².